The average Bonchev–Trinajstić information content (AvgIpc) is 2.68. The van der Waals surface area contributed by atoms with Crippen LogP contribution in [0.25, 0.3) is 10.9 Å². The molecule has 0 aliphatic carbocycles. The van der Waals surface area contributed by atoms with Crippen molar-refractivity contribution < 1.29 is 8.42 Å². The Morgan fingerprint density at radius 3 is 2.28 bits per heavy atom. The van der Waals surface area contributed by atoms with Gasteiger partial charge >= 0.3 is 0 Å². The van der Waals surface area contributed by atoms with E-state index in [4.69, 9.17) is 0 Å². The van der Waals surface area contributed by atoms with Crippen LogP contribution in [0.2, 0.25) is 0 Å². The number of benzene rings is 2. The number of fused-ring (bicyclic) bond motifs is 1. The van der Waals surface area contributed by atoms with E-state index < -0.39 is 10.0 Å². The van der Waals surface area contributed by atoms with E-state index in [-0.39, 0.29) is 0 Å². The van der Waals surface area contributed by atoms with Gasteiger partial charge in [0.15, 0.2) is 0 Å². The maximum absolute atomic E-state index is 13.1. The number of anilines is 1. The van der Waals surface area contributed by atoms with Crippen LogP contribution in [0, 0.1) is 0 Å². The minimum absolute atomic E-state index is 0.291. The third-order valence-corrected chi connectivity index (χ3v) is 6.50. The van der Waals surface area contributed by atoms with Crippen LogP contribution >= 0.6 is 0 Å². The highest BCUT2D eigenvalue weighted by atomic mass is 32.2. The Balaban J connectivity index is 1.60. The van der Waals surface area contributed by atoms with Crippen molar-refractivity contribution in [2.45, 2.75) is 4.90 Å². The van der Waals surface area contributed by atoms with Gasteiger partial charge in [0.05, 0.1) is 5.52 Å². The largest absolute Gasteiger partial charge is 0.369 e. The van der Waals surface area contributed by atoms with Crippen LogP contribution in [-0.4, -0.2) is 43.9 Å². The zero-order valence-corrected chi connectivity index (χ0v) is 14.6. The summed E-state index contributed by atoms with van der Waals surface area (Å²) in [5.74, 6) is 0. The molecule has 0 atom stereocenters. The number of piperazine rings is 1. The Hall–Kier alpha value is -2.44. The lowest BCUT2D eigenvalue weighted by molar-refractivity contribution is 0.385. The number of rotatable bonds is 3. The van der Waals surface area contributed by atoms with Crippen molar-refractivity contribution in [1.29, 1.82) is 0 Å². The quantitative estimate of drug-likeness (QED) is 0.727. The second kappa shape index (κ2) is 6.46. The topological polar surface area (TPSA) is 53.5 Å². The second-order valence-corrected chi connectivity index (χ2v) is 7.96. The van der Waals surface area contributed by atoms with Gasteiger partial charge in [0, 0.05) is 43.4 Å². The van der Waals surface area contributed by atoms with Crippen molar-refractivity contribution in [3.63, 3.8) is 0 Å². The van der Waals surface area contributed by atoms with E-state index >= 15 is 0 Å². The first kappa shape index (κ1) is 16.1. The van der Waals surface area contributed by atoms with E-state index in [9.17, 15) is 8.42 Å². The van der Waals surface area contributed by atoms with Crippen LogP contribution in [0.3, 0.4) is 0 Å². The molecule has 0 N–H and O–H groups in total. The normalized spacial score (nSPS) is 16.2. The summed E-state index contributed by atoms with van der Waals surface area (Å²) >= 11 is 0. The molecule has 1 fully saturated rings. The molecule has 2 heterocycles. The minimum atomic E-state index is -3.55. The number of pyridine rings is 1. The Kier molecular flexibility index (Phi) is 4.15. The van der Waals surface area contributed by atoms with Gasteiger partial charge in [-0.3, -0.25) is 4.98 Å². The number of para-hydroxylation sites is 2. The van der Waals surface area contributed by atoms with E-state index in [1.54, 1.807) is 22.6 Å². The molecule has 1 aromatic heterocycles. The summed E-state index contributed by atoms with van der Waals surface area (Å²) in [6.45, 7) is 2.31. The van der Waals surface area contributed by atoms with Crippen molar-refractivity contribution >= 4 is 26.6 Å². The highest BCUT2D eigenvalue weighted by Crippen LogP contribution is 2.25. The van der Waals surface area contributed by atoms with Crippen molar-refractivity contribution in [2.24, 2.45) is 0 Å². The zero-order valence-electron chi connectivity index (χ0n) is 13.7. The highest BCUT2D eigenvalue weighted by Gasteiger charge is 2.30. The lowest BCUT2D eigenvalue weighted by Gasteiger charge is -2.35. The van der Waals surface area contributed by atoms with E-state index in [1.807, 2.05) is 36.4 Å². The maximum Gasteiger partial charge on any atom is 0.245 e. The Morgan fingerprint density at radius 2 is 1.52 bits per heavy atom. The van der Waals surface area contributed by atoms with E-state index in [0.717, 1.165) is 11.1 Å². The molecule has 0 saturated carbocycles. The van der Waals surface area contributed by atoms with Gasteiger partial charge in [0.1, 0.15) is 4.90 Å². The summed E-state index contributed by atoms with van der Waals surface area (Å²) in [6.07, 6.45) is 1.63. The first-order valence-electron chi connectivity index (χ1n) is 8.30. The molecule has 0 radical (unpaired) electrons. The fourth-order valence-electron chi connectivity index (χ4n) is 3.25. The van der Waals surface area contributed by atoms with Crippen LogP contribution in [0.1, 0.15) is 0 Å². The Bertz CT molecular complexity index is 976. The minimum Gasteiger partial charge on any atom is -0.369 e. The molecule has 0 bridgehead atoms. The number of aromatic nitrogens is 1. The number of hydrogen-bond acceptors (Lipinski definition) is 4. The predicted molar refractivity (Wildman–Crippen MR) is 99.2 cm³/mol. The number of nitrogens with zero attached hydrogens (tertiary/aromatic N) is 3. The molecular weight excluding hydrogens is 334 g/mol. The molecule has 128 valence electrons. The Morgan fingerprint density at radius 1 is 0.800 bits per heavy atom. The van der Waals surface area contributed by atoms with Gasteiger partial charge < -0.3 is 4.90 Å². The molecule has 1 aliphatic heterocycles. The summed E-state index contributed by atoms with van der Waals surface area (Å²) < 4.78 is 27.8. The summed E-state index contributed by atoms with van der Waals surface area (Å²) in [6, 6.07) is 19.1. The lowest BCUT2D eigenvalue weighted by atomic mass is 10.2. The predicted octanol–water partition coefficient (Wildman–Crippen LogP) is 2.75. The van der Waals surface area contributed by atoms with E-state index in [1.165, 1.54) is 0 Å². The summed E-state index contributed by atoms with van der Waals surface area (Å²) in [7, 11) is -3.55. The highest BCUT2D eigenvalue weighted by molar-refractivity contribution is 7.89. The van der Waals surface area contributed by atoms with Crippen LogP contribution < -0.4 is 4.90 Å². The van der Waals surface area contributed by atoms with E-state index in [2.05, 4.69) is 22.0 Å². The van der Waals surface area contributed by atoms with Gasteiger partial charge in [-0.1, -0.05) is 36.4 Å². The van der Waals surface area contributed by atoms with Gasteiger partial charge in [-0.25, -0.2) is 8.42 Å². The maximum atomic E-state index is 13.1. The molecular formula is C19H19N3O2S. The zero-order chi connectivity index (χ0) is 17.3. The molecule has 25 heavy (non-hydrogen) atoms. The fraction of sp³-hybridized carbons (Fsp3) is 0.211. The SMILES string of the molecule is O=S(=O)(c1cccc2cccnc12)N1CCN(c2ccccc2)CC1. The van der Waals surface area contributed by atoms with Crippen LogP contribution in [0.4, 0.5) is 5.69 Å². The van der Waals surface area contributed by atoms with Crippen LogP contribution in [0.5, 0.6) is 0 Å². The standard InChI is InChI=1S/C19H19N3O2S/c23-25(24,18-10-4-6-16-7-5-11-20-19(16)18)22-14-12-21(13-15-22)17-8-2-1-3-9-17/h1-11H,12-15H2. The number of hydrogen-bond donors (Lipinski definition) is 0. The third kappa shape index (κ3) is 2.99. The van der Waals surface area contributed by atoms with Crippen molar-refractivity contribution in [1.82, 2.24) is 9.29 Å². The van der Waals surface area contributed by atoms with Gasteiger partial charge in [-0.15, -0.1) is 0 Å². The number of sulfonamides is 1. The molecule has 2 aromatic carbocycles. The molecule has 4 rings (SSSR count). The fourth-order valence-corrected chi connectivity index (χ4v) is 4.84. The van der Waals surface area contributed by atoms with Gasteiger partial charge in [0.2, 0.25) is 10.0 Å². The molecule has 1 saturated heterocycles. The second-order valence-electron chi connectivity index (χ2n) is 6.06. The monoisotopic (exact) mass is 353 g/mol. The van der Waals surface area contributed by atoms with Gasteiger partial charge in [-0.05, 0) is 24.3 Å². The first-order chi connectivity index (χ1) is 12.2. The van der Waals surface area contributed by atoms with Gasteiger partial charge in [0.25, 0.3) is 0 Å². The Labute approximate surface area is 147 Å². The summed E-state index contributed by atoms with van der Waals surface area (Å²) in [5, 5.41) is 0.839. The van der Waals surface area contributed by atoms with E-state index in [0.29, 0.717) is 36.6 Å². The third-order valence-electron chi connectivity index (χ3n) is 4.57. The lowest BCUT2D eigenvalue weighted by Crippen LogP contribution is -2.48. The molecule has 0 spiro atoms. The van der Waals surface area contributed by atoms with Crippen molar-refractivity contribution in [3.8, 4) is 0 Å². The molecule has 1 aliphatic rings. The van der Waals surface area contributed by atoms with Crippen molar-refractivity contribution in [2.75, 3.05) is 31.1 Å². The average molecular weight is 353 g/mol. The molecule has 0 unspecified atom stereocenters. The van der Waals surface area contributed by atoms with Crippen LogP contribution in [0.15, 0.2) is 71.8 Å². The van der Waals surface area contributed by atoms with Crippen molar-refractivity contribution in [3.05, 3.63) is 66.9 Å². The summed E-state index contributed by atoms with van der Waals surface area (Å²) in [5.41, 5.74) is 1.67. The van der Waals surface area contributed by atoms with Crippen LogP contribution in [-0.2, 0) is 10.0 Å². The first-order valence-corrected chi connectivity index (χ1v) is 9.74. The molecule has 3 aromatic rings. The summed E-state index contributed by atoms with van der Waals surface area (Å²) in [4.78, 5) is 6.79. The molecule has 5 nitrogen and oxygen atoms in total. The molecule has 6 heteroatoms. The smallest absolute Gasteiger partial charge is 0.245 e. The molecule has 0 amide bonds. The van der Waals surface area contributed by atoms with Gasteiger partial charge in [-0.2, -0.15) is 4.31 Å².